The molecule has 4 nitrogen and oxygen atoms in total. The van der Waals surface area contributed by atoms with Gasteiger partial charge in [-0.2, -0.15) is 5.10 Å². The number of hydrazone groups is 1. The van der Waals surface area contributed by atoms with E-state index in [0.29, 0.717) is 24.2 Å². The Kier molecular flexibility index (Phi) is 8.21. The number of hydrogen-bond donors (Lipinski definition) is 0. The van der Waals surface area contributed by atoms with Crippen LogP contribution < -0.4 is 0 Å². The molecule has 2 aromatic rings. The van der Waals surface area contributed by atoms with Crippen molar-refractivity contribution in [2.75, 3.05) is 12.8 Å². The Morgan fingerprint density at radius 2 is 1.52 bits per heavy atom. The molecular formula is C24H30N2O2S. The highest BCUT2D eigenvalue weighted by Gasteiger charge is 2.25. The molecule has 29 heavy (non-hydrogen) atoms. The second-order valence-corrected chi connectivity index (χ2v) is 8.31. The molecular weight excluding hydrogens is 380 g/mol. The molecule has 0 aliphatic heterocycles. The molecule has 2 aromatic carbocycles. The Bertz CT molecular complexity index is 892. The summed E-state index contributed by atoms with van der Waals surface area (Å²) in [6.07, 6.45) is 1.42. The van der Waals surface area contributed by atoms with Crippen molar-refractivity contribution in [3.63, 3.8) is 0 Å². The lowest BCUT2D eigenvalue weighted by molar-refractivity contribution is -0.125. The van der Waals surface area contributed by atoms with Crippen molar-refractivity contribution in [3.05, 3.63) is 64.2 Å². The van der Waals surface area contributed by atoms with Gasteiger partial charge in [0.15, 0.2) is 0 Å². The molecule has 1 amide bonds. The van der Waals surface area contributed by atoms with E-state index in [4.69, 9.17) is 0 Å². The zero-order chi connectivity index (χ0) is 21.6. The Labute approximate surface area is 178 Å². The molecule has 0 unspecified atom stereocenters. The summed E-state index contributed by atoms with van der Waals surface area (Å²) in [6, 6.07) is 12.3. The number of hydrogen-bond acceptors (Lipinski definition) is 4. The van der Waals surface area contributed by atoms with Crippen LogP contribution in [0.2, 0.25) is 0 Å². The van der Waals surface area contributed by atoms with Crippen LogP contribution in [0.25, 0.3) is 0 Å². The minimum atomic E-state index is -0.599. The van der Waals surface area contributed by atoms with E-state index in [1.807, 2.05) is 39.8 Å². The number of likely N-dealkylation sites (N-methyl/N-ethyl adjacent to an activating group) is 1. The SMILES string of the molecule is CCc1cc(C)cc(CC)c1C(=O)C(=O)N(C)/N=C(\C)CSc1ccc(C)cc1. The van der Waals surface area contributed by atoms with Crippen molar-refractivity contribution in [3.8, 4) is 0 Å². The van der Waals surface area contributed by atoms with Crippen molar-refractivity contribution in [1.29, 1.82) is 0 Å². The van der Waals surface area contributed by atoms with Crippen molar-refractivity contribution in [2.24, 2.45) is 5.10 Å². The number of ketones is 1. The average molecular weight is 411 g/mol. The summed E-state index contributed by atoms with van der Waals surface area (Å²) in [5.41, 5.74) is 5.50. The monoisotopic (exact) mass is 410 g/mol. The van der Waals surface area contributed by atoms with Gasteiger partial charge < -0.3 is 0 Å². The van der Waals surface area contributed by atoms with Crippen LogP contribution >= 0.6 is 11.8 Å². The van der Waals surface area contributed by atoms with Gasteiger partial charge in [-0.1, -0.05) is 49.2 Å². The van der Waals surface area contributed by atoms with Crippen molar-refractivity contribution in [2.45, 2.75) is 52.4 Å². The number of thioether (sulfide) groups is 1. The molecule has 0 saturated carbocycles. The third kappa shape index (κ3) is 6.04. The highest BCUT2D eigenvalue weighted by atomic mass is 32.2. The quantitative estimate of drug-likeness (QED) is 0.197. The molecule has 0 saturated heterocycles. The van der Waals surface area contributed by atoms with E-state index in [1.54, 1.807) is 18.8 Å². The van der Waals surface area contributed by atoms with E-state index in [-0.39, 0.29) is 0 Å². The molecule has 0 aliphatic rings. The average Bonchev–Trinajstić information content (AvgIpc) is 2.71. The summed E-state index contributed by atoms with van der Waals surface area (Å²) in [6.45, 7) is 9.95. The van der Waals surface area contributed by atoms with Gasteiger partial charge in [0.1, 0.15) is 0 Å². The molecule has 0 atom stereocenters. The van der Waals surface area contributed by atoms with Gasteiger partial charge in [0.2, 0.25) is 0 Å². The fourth-order valence-electron chi connectivity index (χ4n) is 3.20. The lowest BCUT2D eigenvalue weighted by atomic mass is 9.92. The number of benzene rings is 2. The van der Waals surface area contributed by atoms with Crippen LogP contribution in [0.15, 0.2) is 46.4 Å². The summed E-state index contributed by atoms with van der Waals surface area (Å²) in [5.74, 6) is -0.429. The first-order valence-electron chi connectivity index (χ1n) is 9.95. The first-order chi connectivity index (χ1) is 13.8. The number of nitrogens with zero attached hydrogens (tertiary/aromatic N) is 2. The lowest BCUT2D eigenvalue weighted by Crippen LogP contribution is -2.31. The molecule has 0 bridgehead atoms. The minimum absolute atomic E-state index is 0.482. The molecule has 0 aliphatic carbocycles. The van der Waals surface area contributed by atoms with Crippen molar-refractivity contribution < 1.29 is 9.59 Å². The van der Waals surface area contributed by atoms with E-state index in [2.05, 4.69) is 36.3 Å². The number of aryl methyl sites for hydroxylation is 4. The Balaban J connectivity index is 2.13. The van der Waals surface area contributed by atoms with Gasteiger partial charge in [-0.05, 0) is 56.9 Å². The van der Waals surface area contributed by atoms with Gasteiger partial charge in [-0.25, -0.2) is 5.01 Å². The normalized spacial score (nSPS) is 11.4. The maximum Gasteiger partial charge on any atom is 0.314 e. The molecule has 0 fully saturated rings. The first-order valence-corrected chi connectivity index (χ1v) is 10.9. The number of carbonyl (C=O) groups is 2. The predicted molar refractivity (Wildman–Crippen MR) is 122 cm³/mol. The standard InChI is InChI=1S/C24H30N2O2S/c1-7-19-13-17(4)14-20(8-2)22(19)23(27)24(28)26(6)25-18(5)15-29-21-11-9-16(3)10-12-21/h9-14H,7-8,15H2,1-6H3/b25-18+. The van der Waals surface area contributed by atoms with Gasteiger partial charge in [-0.15, -0.1) is 11.8 Å². The fraction of sp³-hybridized carbons (Fsp3) is 0.375. The van der Waals surface area contributed by atoms with Gasteiger partial charge in [0, 0.05) is 29.0 Å². The van der Waals surface area contributed by atoms with E-state index in [1.165, 1.54) is 10.6 Å². The molecule has 5 heteroatoms. The Hall–Kier alpha value is -2.40. The van der Waals surface area contributed by atoms with E-state index in [0.717, 1.165) is 27.3 Å². The summed E-state index contributed by atoms with van der Waals surface area (Å²) in [7, 11) is 1.55. The molecule has 0 radical (unpaired) electrons. The fourth-order valence-corrected chi connectivity index (χ4v) is 3.96. The van der Waals surface area contributed by atoms with Gasteiger partial charge in [-0.3, -0.25) is 9.59 Å². The predicted octanol–water partition coefficient (Wildman–Crippen LogP) is 5.24. The maximum atomic E-state index is 13.0. The molecule has 0 aromatic heterocycles. The summed E-state index contributed by atoms with van der Waals surface area (Å²) in [4.78, 5) is 26.9. The van der Waals surface area contributed by atoms with Crippen LogP contribution in [-0.2, 0) is 17.6 Å². The molecule has 2 rings (SSSR count). The van der Waals surface area contributed by atoms with E-state index >= 15 is 0 Å². The van der Waals surface area contributed by atoms with Crippen LogP contribution in [0.3, 0.4) is 0 Å². The third-order valence-corrected chi connectivity index (χ3v) is 5.88. The van der Waals surface area contributed by atoms with Gasteiger partial charge >= 0.3 is 5.91 Å². The zero-order valence-corrected chi connectivity index (χ0v) is 19.0. The lowest BCUT2D eigenvalue weighted by Gasteiger charge is -2.16. The number of amides is 1. The van der Waals surface area contributed by atoms with Crippen molar-refractivity contribution in [1.82, 2.24) is 5.01 Å². The van der Waals surface area contributed by atoms with E-state index in [9.17, 15) is 9.59 Å². The number of Topliss-reactive ketones (excluding diaryl/α,β-unsaturated/α-hetero) is 1. The van der Waals surface area contributed by atoms with Crippen LogP contribution in [0.1, 0.15) is 53.4 Å². The highest BCUT2D eigenvalue weighted by molar-refractivity contribution is 8.00. The van der Waals surface area contributed by atoms with Crippen molar-refractivity contribution >= 4 is 29.2 Å². The topological polar surface area (TPSA) is 49.7 Å². The van der Waals surface area contributed by atoms with Crippen LogP contribution in [0.4, 0.5) is 0 Å². The Morgan fingerprint density at radius 1 is 0.966 bits per heavy atom. The maximum absolute atomic E-state index is 13.0. The van der Waals surface area contributed by atoms with Crippen LogP contribution in [-0.4, -0.2) is 35.2 Å². The molecule has 154 valence electrons. The number of carbonyl (C=O) groups excluding carboxylic acids is 2. The molecule has 0 spiro atoms. The highest BCUT2D eigenvalue weighted by Crippen LogP contribution is 2.21. The second kappa shape index (κ2) is 10.4. The molecule has 0 N–H and O–H groups in total. The smallest absolute Gasteiger partial charge is 0.283 e. The summed E-state index contributed by atoms with van der Waals surface area (Å²) >= 11 is 1.66. The summed E-state index contributed by atoms with van der Waals surface area (Å²) < 4.78 is 0. The van der Waals surface area contributed by atoms with Gasteiger partial charge in [0.25, 0.3) is 5.78 Å². The molecule has 0 heterocycles. The summed E-state index contributed by atoms with van der Waals surface area (Å²) in [5, 5.41) is 5.52. The minimum Gasteiger partial charge on any atom is -0.283 e. The van der Waals surface area contributed by atoms with Gasteiger partial charge in [0.05, 0.1) is 0 Å². The van der Waals surface area contributed by atoms with E-state index < -0.39 is 11.7 Å². The third-order valence-electron chi connectivity index (χ3n) is 4.71. The zero-order valence-electron chi connectivity index (χ0n) is 18.2. The number of rotatable bonds is 8. The van der Waals surface area contributed by atoms with Crippen LogP contribution in [0.5, 0.6) is 0 Å². The second-order valence-electron chi connectivity index (χ2n) is 7.26. The Morgan fingerprint density at radius 3 is 2.03 bits per heavy atom. The largest absolute Gasteiger partial charge is 0.314 e. The van der Waals surface area contributed by atoms with Crippen LogP contribution in [0, 0.1) is 13.8 Å². The first kappa shape index (κ1) is 22.9.